The largest absolute Gasteiger partial charge is 0.346 e. The van der Waals surface area contributed by atoms with Crippen LogP contribution in [0.3, 0.4) is 0 Å². The summed E-state index contributed by atoms with van der Waals surface area (Å²) >= 11 is 0. The standard InChI is InChI=1S/C11H17NO2/c1-2-3-6-12-7-4-5-11(10-12)13-8-9-14-11/h1H,3-10H2. The number of likely N-dealkylation sites (tertiary alicyclic amines) is 1. The third-order valence-electron chi connectivity index (χ3n) is 2.88. The Morgan fingerprint density at radius 2 is 2.14 bits per heavy atom. The van der Waals surface area contributed by atoms with E-state index in [1.54, 1.807) is 0 Å². The fraction of sp³-hybridized carbons (Fsp3) is 0.818. The monoisotopic (exact) mass is 195 g/mol. The lowest BCUT2D eigenvalue weighted by atomic mass is 10.0. The van der Waals surface area contributed by atoms with Gasteiger partial charge in [0.1, 0.15) is 0 Å². The molecule has 0 unspecified atom stereocenters. The van der Waals surface area contributed by atoms with Crippen molar-refractivity contribution in [1.82, 2.24) is 4.90 Å². The Morgan fingerprint density at radius 3 is 2.86 bits per heavy atom. The zero-order valence-corrected chi connectivity index (χ0v) is 8.50. The number of nitrogens with zero attached hydrogens (tertiary/aromatic N) is 1. The highest BCUT2D eigenvalue weighted by molar-refractivity contribution is 4.88. The third-order valence-corrected chi connectivity index (χ3v) is 2.88. The van der Waals surface area contributed by atoms with Crippen LogP contribution in [0.2, 0.25) is 0 Å². The fourth-order valence-corrected chi connectivity index (χ4v) is 2.22. The van der Waals surface area contributed by atoms with E-state index in [0.717, 1.165) is 52.1 Å². The maximum atomic E-state index is 5.68. The molecule has 0 aliphatic carbocycles. The van der Waals surface area contributed by atoms with Crippen molar-refractivity contribution in [2.24, 2.45) is 0 Å². The molecule has 0 aromatic heterocycles. The number of terminal acetylenes is 1. The summed E-state index contributed by atoms with van der Waals surface area (Å²) in [5.74, 6) is 2.37. The van der Waals surface area contributed by atoms with Gasteiger partial charge in [-0.3, -0.25) is 4.90 Å². The van der Waals surface area contributed by atoms with Crippen LogP contribution in [0.4, 0.5) is 0 Å². The lowest BCUT2D eigenvalue weighted by molar-refractivity contribution is -0.189. The van der Waals surface area contributed by atoms with Crippen LogP contribution in [-0.2, 0) is 9.47 Å². The van der Waals surface area contributed by atoms with Crippen molar-refractivity contribution in [2.75, 3.05) is 32.8 Å². The molecule has 0 radical (unpaired) electrons. The van der Waals surface area contributed by atoms with Crippen LogP contribution in [0.15, 0.2) is 0 Å². The van der Waals surface area contributed by atoms with E-state index >= 15 is 0 Å². The molecule has 2 aliphatic heterocycles. The topological polar surface area (TPSA) is 21.7 Å². The van der Waals surface area contributed by atoms with Crippen molar-refractivity contribution in [1.29, 1.82) is 0 Å². The molecule has 0 atom stereocenters. The Morgan fingerprint density at radius 1 is 1.36 bits per heavy atom. The number of hydrogen-bond acceptors (Lipinski definition) is 3. The lowest BCUT2D eigenvalue weighted by Crippen LogP contribution is -2.49. The first-order valence-electron chi connectivity index (χ1n) is 5.28. The summed E-state index contributed by atoms with van der Waals surface area (Å²) in [7, 11) is 0. The van der Waals surface area contributed by atoms with Crippen LogP contribution in [0, 0.1) is 12.3 Å². The first kappa shape index (κ1) is 9.97. The van der Waals surface area contributed by atoms with Gasteiger partial charge in [0.05, 0.1) is 19.8 Å². The summed E-state index contributed by atoms with van der Waals surface area (Å²) in [5, 5.41) is 0. The van der Waals surface area contributed by atoms with E-state index in [4.69, 9.17) is 15.9 Å². The molecule has 2 heterocycles. The smallest absolute Gasteiger partial charge is 0.181 e. The summed E-state index contributed by atoms with van der Waals surface area (Å²) in [6.07, 6.45) is 8.24. The van der Waals surface area contributed by atoms with E-state index in [0.29, 0.717) is 0 Å². The zero-order chi connectivity index (χ0) is 9.86. The normalized spacial score (nSPS) is 26.5. The van der Waals surface area contributed by atoms with Gasteiger partial charge in [0.25, 0.3) is 0 Å². The lowest BCUT2D eigenvalue weighted by Gasteiger charge is -2.38. The number of piperidine rings is 1. The molecule has 78 valence electrons. The summed E-state index contributed by atoms with van der Waals surface area (Å²) in [5.41, 5.74) is 0. The second kappa shape index (κ2) is 4.31. The Balaban J connectivity index is 1.87. The molecule has 0 N–H and O–H groups in total. The number of hydrogen-bond donors (Lipinski definition) is 0. The van der Waals surface area contributed by atoms with Gasteiger partial charge < -0.3 is 9.47 Å². The Labute approximate surface area is 85.4 Å². The van der Waals surface area contributed by atoms with Crippen LogP contribution in [0.1, 0.15) is 19.3 Å². The first-order valence-corrected chi connectivity index (χ1v) is 5.28. The van der Waals surface area contributed by atoms with Crippen LogP contribution < -0.4 is 0 Å². The molecular weight excluding hydrogens is 178 g/mol. The molecule has 3 heteroatoms. The van der Waals surface area contributed by atoms with Crippen molar-refractivity contribution < 1.29 is 9.47 Å². The van der Waals surface area contributed by atoms with Crippen LogP contribution in [-0.4, -0.2) is 43.5 Å². The molecular formula is C11H17NO2. The molecule has 14 heavy (non-hydrogen) atoms. The maximum Gasteiger partial charge on any atom is 0.181 e. The molecule has 3 nitrogen and oxygen atoms in total. The van der Waals surface area contributed by atoms with E-state index in [2.05, 4.69) is 10.8 Å². The SMILES string of the molecule is C#CCCN1CCCC2(C1)OCCO2. The molecule has 0 saturated carbocycles. The fourth-order valence-electron chi connectivity index (χ4n) is 2.22. The van der Waals surface area contributed by atoms with Crippen molar-refractivity contribution >= 4 is 0 Å². The summed E-state index contributed by atoms with van der Waals surface area (Å²) in [4.78, 5) is 2.34. The van der Waals surface area contributed by atoms with Gasteiger partial charge in [-0.25, -0.2) is 0 Å². The third kappa shape index (κ3) is 2.09. The maximum absolute atomic E-state index is 5.68. The number of ether oxygens (including phenoxy) is 2. The average molecular weight is 195 g/mol. The van der Waals surface area contributed by atoms with E-state index in [-0.39, 0.29) is 5.79 Å². The molecule has 0 amide bonds. The average Bonchev–Trinajstić information content (AvgIpc) is 2.63. The van der Waals surface area contributed by atoms with Crippen LogP contribution >= 0.6 is 0 Å². The molecule has 1 spiro atoms. The first-order chi connectivity index (χ1) is 6.85. The molecule has 0 aromatic carbocycles. The summed E-state index contributed by atoms with van der Waals surface area (Å²) < 4.78 is 11.4. The van der Waals surface area contributed by atoms with E-state index in [9.17, 15) is 0 Å². The minimum atomic E-state index is -0.299. The van der Waals surface area contributed by atoms with Gasteiger partial charge in [0.15, 0.2) is 5.79 Å². The van der Waals surface area contributed by atoms with Gasteiger partial charge in [0, 0.05) is 19.4 Å². The minimum Gasteiger partial charge on any atom is -0.346 e. The number of rotatable bonds is 2. The van der Waals surface area contributed by atoms with Crippen molar-refractivity contribution in [2.45, 2.75) is 25.0 Å². The van der Waals surface area contributed by atoms with E-state index < -0.39 is 0 Å². The Hall–Kier alpha value is -0.560. The quantitative estimate of drug-likeness (QED) is 0.610. The van der Waals surface area contributed by atoms with Gasteiger partial charge in [-0.05, 0) is 13.0 Å². The molecule has 0 bridgehead atoms. The Kier molecular flexibility index (Phi) is 3.07. The van der Waals surface area contributed by atoms with Gasteiger partial charge >= 0.3 is 0 Å². The van der Waals surface area contributed by atoms with Crippen LogP contribution in [0.25, 0.3) is 0 Å². The van der Waals surface area contributed by atoms with E-state index in [1.807, 2.05) is 0 Å². The Bertz CT molecular complexity index is 228. The minimum absolute atomic E-state index is 0.299. The van der Waals surface area contributed by atoms with Gasteiger partial charge in [-0.15, -0.1) is 12.3 Å². The molecule has 2 rings (SSSR count). The highest BCUT2D eigenvalue weighted by Gasteiger charge is 2.40. The molecule has 2 saturated heterocycles. The molecule has 2 fully saturated rings. The second-order valence-electron chi connectivity index (χ2n) is 3.94. The van der Waals surface area contributed by atoms with Gasteiger partial charge in [-0.1, -0.05) is 0 Å². The van der Waals surface area contributed by atoms with Gasteiger partial charge in [-0.2, -0.15) is 0 Å². The molecule has 2 aliphatic rings. The van der Waals surface area contributed by atoms with Crippen molar-refractivity contribution in [3.8, 4) is 12.3 Å². The van der Waals surface area contributed by atoms with Crippen molar-refractivity contribution in [3.05, 3.63) is 0 Å². The van der Waals surface area contributed by atoms with Crippen molar-refractivity contribution in [3.63, 3.8) is 0 Å². The summed E-state index contributed by atoms with van der Waals surface area (Å²) in [6, 6.07) is 0. The van der Waals surface area contributed by atoms with Gasteiger partial charge in [0.2, 0.25) is 0 Å². The second-order valence-corrected chi connectivity index (χ2v) is 3.94. The van der Waals surface area contributed by atoms with Crippen LogP contribution in [0.5, 0.6) is 0 Å². The molecule has 0 aromatic rings. The van der Waals surface area contributed by atoms with E-state index in [1.165, 1.54) is 0 Å². The zero-order valence-electron chi connectivity index (χ0n) is 8.50. The predicted octanol–water partition coefficient (Wildman–Crippen LogP) is 0.849. The predicted molar refractivity (Wildman–Crippen MR) is 53.8 cm³/mol. The highest BCUT2D eigenvalue weighted by atomic mass is 16.7. The summed E-state index contributed by atoms with van der Waals surface area (Å²) in [6.45, 7) is 4.45. The highest BCUT2D eigenvalue weighted by Crippen LogP contribution is 2.29.